The van der Waals surface area contributed by atoms with Crippen molar-refractivity contribution in [3.63, 3.8) is 0 Å². The first-order chi connectivity index (χ1) is 11.1. The average molecular weight is 323 g/mol. The fourth-order valence-electron chi connectivity index (χ4n) is 3.90. The van der Waals surface area contributed by atoms with Crippen LogP contribution in [0.3, 0.4) is 0 Å². The third-order valence-electron chi connectivity index (χ3n) is 5.61. The lowest BCUT2D eigenvalue weighted by Crippen LogP contribution is -2.44. The molecular formula is C17H29N3O3. The van der Waals surface area contributed by atoms with Gasteiger partial charge in [-0.1, -0.05) is 0 Å². The number of hydrogen-bond donors (Lipinski definition) is 0. The van der Waals surface area contributed by atoms with Crippen LogP contribution in [0.2, 0.25) is 0 Å². The highest BCUT2D eigenvalue weighted by Gasteiger charge is 2.38. The van der Waals surface area contributed by atoms with Gasteiger partial charge in [-0.3, -0.25) is 14.5 Å². The lowest BCUT2D eigenvalue weighted by Gasteiger charge is -2.34. The maximum absolute atomic E-state index is 12.5. The second kappa shape index (κ2) is 7.62. The predicted molar refractivity (Wildman–Crippen MR) is 86.9 cm³/mol. The van der Waals surface area contributed by atoms with Gasteiger partial charge in [0.1, 0.15) is 5.92 Å². The number of likely N-dealkylation sites (tertiary alicyclic amines) is 2. The summed E-state index contributed by atoms with van der Waals surface area (Å²) >= 11 is 0. The predicted octanol–water partition coefficient (Wildman–Crippen LogP) is 0.426. The summed E-state index contributed by atoms with van der Waals surface area (Å²) in [7, 11) is 1.79. The molecule has 3 rings (SSSR count). The SMILES string of the molecule is CN1CCC(C(=O)N2CCC(CCN3CCOCC3)CC2)C1=O. The van der Waals surface area contributed by atoms with Crippen molar-refractivity contribution < 1.29 is 14.3 Å². The van der Waals surface area contributed by atoms with Gasteiger partial charge in [-0.25, -0.2) is 0 Å². The molecule has 0 aromatic rings. The van der Waals surface area contributed by atoms with Gasteiger partial charge in [-0.05, 0) is 38.1 Å². The molecule has 6 heteroatoms. The first-order valence-electron chi connectivity index (χ1n) is 8.99. The van der Waals surface area contributed by atoms with Gasteiger partial charge < -0.3 is 14.5 Å². The van der Waals surface area contributed by atoms with E-state index in [1.165, 1.54) is 6.42 Å². The van der Waals surface area contributed by atoms with Crippen molar-refractivity contribution in [3.05, 3.63) is 0 Å². The molecule has 0 radical (unpaired) electrons. The van der Waals surface area contributed by atoms with Crippen molar-refractivity contribution in [2.45, 2.75) is 25.7 Å². The summed E-state index contributed by atoms with van der Waals surface area (Å²) in [5.74, 6) is 0.365. The Kier molecular flexibility index (Phi) is 5.54. The minimum Gasteiger partial charge on any atom is -0.379 e. The van der Waals surface area contributed by atoms with Crippen LogP contribution < -0.4 is 0 Å². The number of carbonyl (C=O) groups is 2. The van der Waals surface area contributed by atoms with E-state index in [9.17, 15) is 9.59 Å². The highest BCUT2D eigenvalue weighted by molar-refractivity contribution is 6.01. The third-order valence-corrected chi connectivity index (χ3v) is 5.61. The molecule has 3 aliphatic rings. The smallest absolute Gasteiger partial charge is 0.235 e. The second-order valence-electron chi connectivity index (χ2n) is 7.11. The zero-order valence-electron chi connectivity index (χ0n) is 14.2. The first kappa shape index (κ1) is 16.7. The summed E-state index contributed by atoms with van der Waals surface area (Å²) in [6.07, 6.45) is 4.05. The van der Waals surface area contributed by atoms with Gasteiger partial charge in [0.15, 0.2) is 0 Å². The number of carbonyl (C=O) groups excluding carboxylic acids is 2. The Hall–Kier alpha value is -1.14. The van der Waals surface area contributed by atoms with E-state index in [0.717, 1.165) is 58.8 Å². The molecule has 0 aromatic carbocycles. The molecule has 6 nitrogen and oxygen atoms in total. The normalized spacial score (nSPS) is 27.7. The Morgan fingerprint density at radius 2 is 1.78 bits per heavy atom. The molecule has 2 amide bonds. The molecule has 0 bridgehead atoms. The quantitative estimate of drug-likeness (QED) is 0.704. The minimum absolute atomic E-state index is 0.00411. The maximum Gasteiger partial charge on any atom is 0.235 e. The molecule has 0 spiro atoms. The van der Waals surface area contributed by atoms with Crippen molar-refractivity contribution in [3.8, 4) is 0 Å². The van der Waals surface area contributed by atoms with E-state index in [2.05, 4.69) is 4.90 Å². The Morgan fingerprint density at radius 1 is 1.09 bits per heavy atom. The molecule has 0 N–H and O–H groups in total. The molecule has 0 aliphatic carbocycles. The summed E-state index contributed by atoms with van der Waals surface area (Å²) < 4.78 is 5.38. The summed E-state index contributed by atoms with van der Waals surface area (Å²) in [4.78, 5) is 30.6. The van der Waals surface area contributed by atoms with Gasteiger partial charge in [-0.2, -0.15) is 0 Å². The van der Waals surface area contributed by atoms with Crippen molar-refractivity contribution in [1.82, 2.24) is 14.7 Å². The lowest BCUT2D eigenvalue weighted by atomic mass is 9.92. The molecular weight excluding hydrogens is 294 g/mol. The molecule has 0 saturated carbocycles. The van der Waals surface area contributed by atoms with Crippen molar-refractivity contribution in [2.24, 2.45) is 11.8 Å². The minimum atomic E-state index is -0.412. The topological polar surface area (TPSA) is 53.1 Å². The van der Waals surface area contributed by atoms with E-state index >= 15 is 0 Å². The summed E-state index contributed by atoms with van der Waals surface area (Å²) in [5.41, 5.74) is 0. The first-order valence-corrected chi connectivity index (χ1v) is 8.99. The van der Waals surface area contributed by atoms with Crippen LogP contribution in [0.15, 0.2) is 0 Å². The molecule has 23 heavy (non-hydrogen) atoms. The van der Waals surface area contributed by atoms with Crippen LogP contribution in [0.1, 0.15) is 25.7 Å². The average Bonchev–Trinajstić information content (AvgIpc) is 2.93. The number of ether oxygens (including phenoxy) is 1. The van der Waals surface area contributed by atoms with Gasteiger partial charge in [-0.15, -0.1) is 0 Å². The summed E-state index contributed by atoms with van der Waals surface area (Å²) in [6.45, 7) is 7.32. The molecule has 3 saturated heterocycles. The maximum atomic E-state index is 12.5. The largest absolute Gasteiger partial charge is 0.379 e. The van der Waals surface area contributed by atoms with Gasteiger partial charge in [0.25, 0.3) is 0 Å². The molecule has 3 fully saturated rings. The number of morpholine rings is 1. The monoisotopic (exact) mass is 323 g/mol. The molecule has 1 atom stereocenters. The van der Waals surface area contributed by atoms with Gasteiger partial charge in [0.05, 0.1) is 13.2 Å². The Morgan fingerprint density at radius 3 is 2.39 bits per heavy atom. The van der Waals surface area contributed by atoms with Gasteiger partial charge in [0, 0.05) is 39.8 Å². The van der Waals surface area contributed by atoms with E-state index in [1.54, 1.807) is 11.9 Å². The molecule has 3 heterocycles. The van der Waals surface area contributed by atoms with Crippen LogP contribution in [-0.4, -0.2) is 86.0 Å². The second-order valence-corrected chi connectivity index (χ2v) is 7.11. The van der Waals surface area contributed by atoms with Crippen LogP contribution in [0.5, 0.6) is 0 Å². The van der Waals surface area contributed by atoms with Crippen LogP contribution in [0.4, 0.5) is 0 Å². The van der Waals surface area contributed by atoms with Crippen LogP contribution >= 0.6 is 0 Å². The molecule has 3 aliphatic heterocycles. The number of piperidine rings is 1. The summed E-state index contributed by atoms with van der Waals surface area (Å²) in [6, 6.07) is 0. The third kappa shape index (κ3) is 4.04. The molecule has 130 valence electrons. The highest BCUT2D eigenvalue weighted by atomic mass is 16.5. The van der Waals surface area contributed by atoms with Crippen LogP contribution in [0.25, 0.3) is 0 Å². The Bertz CT molecular complexity index is 429. The van der Waals surface area contributed by atoms with Crippen molar-refractivity contribution in [1.29, 1.82) is 0 Å². The summed E-state index contributed by atoms with van der Waals surface area (Å²) in [5, 5.41) is 0. The zero-order valence-corrected chi connectivity index (χ0v) is 14.2. The fourth-order valence-corrected chi connectivity index (χ4v) is 3.90. The Labute approximate surface area is 138 Å². The van der Waals surface area contributed by atoms with Crippen molar-refractivity contribution >= 4 is 11.8 Å². The standard InChI is InChI=1S/C17H29N3O3/c1-18-6-5-15(16(18)21)17(22)20-8-3-14(4-9-20)2-7-19-10-12-23-13-11-19/h14-15H,2-13H2,1H3. The van der Waals surface area contributed by atoms with Crippen LogP contribution in [0, 0.1) is 11.8 Å². The number of amides is 2. The molecule has 0 aromatic heterocycles. The van der Waals surface area contributed by atoms with Crippen LogP contribution in [-0.2, 0) is 14.3 Å². The highest BCUT2D eigenvalue weighted by Crippen LogP contribution is 2.25. The van der Waals surface area contributed by atoms with Gasteiger partial charge >= 0.3 is 0 Å². The van der Waals surface area contributed by atoms with Crippen molar-refractivity contribution in [2.75, 3.05) is 59.5 Å². The van der Waals surface area contributed by atoms with Gasteiger partial charge in [0.2, 0.25) is 11.8 Å². The van der Waals surface area contributed by atoms with E-state index in [0.29, 0.717) is 18.9 Å². The lowest BCUT2D eigenvalue weighted by molar-refractivity contribution is -0.143. The zero-order chi connectivity index (χ0) is 16.2. The number of hydrogen-bond acceptors (Lipinski definition) is 4. The number of rotatable bonds is 4. The van der Waals surface area contributed by atoms with E-state index in [-0.39, 0.29) is 11.8 Å². The van der Waals surface area contributed by atoms with E-state index in [1.807, 2.05) is 4.90 Å². The Balaban J connectivity index is 1.39. The van der Waals surface area contributed by atoms with E-state index in [4.69, 9.17) is 4.74 Å². The fraction of sp³-hybridized carbons (Fsp3) is 0.882. The van der Waals surface area contributed by atoms with E-state index < -0.39 is 5.92 Å². The molecule has 1 unspecified atom stereocenters. The number of nitrogens with zero attached hydrogens (tertiary/aromatic N) is 3.